The molecule has 4 nitrogen and oxygen atoms in total. The van der Waals surface area contributed by atoms with Crippen LogP contribution < -0.4 is 10.2 Å². The standard InChI is InChI=1S/C4H4O4.C2H5.Sm/c5-3(6)1-2-4(7)8;1-2;/h1-2H,(H,5,6)(H,7,8);1H2,2H3;/q;-1;+3/p-2/b2-1-;;. The van der Waals surface area contributed by atoms with Crippen LogP contribution in [0.4, 0.5) is 0 Å². The van der Waals surface area contributed by atoms with Crippen molar-refractivity contribution in [2.45, 2.75) is 6.92 Å². The molecule has 0 aromatic rings. The van der Waals surface area contributed by atoms with Gasteiger partial charge in [0.15, 0.2) is 0 Å². The van der Waals surface area contributed by atoms with Gasteiger partial charge in [0, 0.05) is 0 Å². The van der Waals surface area contributed by atoms with Crippen LogP contribution in [0.15, 0.2) is 12.2 Å². The Labute approximate surface area is 97.4 Å². The van der Waals surface area contributed by atoms with Crippen LogP contribution in [0.2, 0.25) is 0 Å². The van der Waals surface area contributed by atoms with E-state index < -0.39 is 11.9 Å². The number of carbonyl (C=O) groups is 2. The fourth-order valence-corrected chi connectivity index (χ4v) is 0.136. The molecule has 11 heavy (non-hydrogen) atoms. The third-order valence-electron chi connectivity index (χ3n) is 0.355. The summed E-state index contributed by atoms with van der Waals surface area (Å²) in [6, 6.07) is 0. The first-order valence-corrected chi connectivity index (χ1v) is 2.43. The molecule has 0 aliphatic rings. The number of carboxylic acid groups (broad SMARTS) is 2. The minimum atomic E-state index is -1.55. The van der Waals surface area contributed by atoms with Gasteiger partial charge in [-0.3, -0.25) is 0 Å². The van der Waals surface area contributed by atoms with Crippen molar-refractivity contribution in [3.05, 3.63) is 19.1 Å². The zero-order valence-electron chi connectivity index (χ0n) is 5.90. The quantitative estimate of drug-likeness (QED) is 0.431. The van der Waals surface area contributed by atoms with E-state index in [0.29, 0.717) is 12.2 Å². The van der Waals surface area contributed by atoms with Gasteiger partial charge < -0.3 is 26.7 Å². The van der Waals surface area contributed by atoms with E-state index in [1.165, 1.54) is 0 Å². The number of carbonyl (C=O) groups excluding carboxylic acids is 2. The summed E-state index contributed by atoms with van der Waals surface area (Å²) in [5.41, 5.74) is 0. The minimum Gasteiger partial charge on any atom is -0.545 e. The molecule has 0 heterocycles. The minimum absolute atomic E-state index is 0. The maximum Gasteiger partial charge on any atom is 3.00 e. The van der Waals surface area contributed by atoms with Gasteiger partial charge in [0.2, 0.25) is 0 Å². The Morgan fingerprint density at radius 1 is 1.09 bits per heavy atom. The summed E-state index contributed by atoms with van der Waals surface area (Å²) in [6.07, 6.45) is 0.769. The Morgan fingerprint density at radius 3 is 1.36 bits per heavy atom. The predicted octanol–water partition coefficient (Wildman–Crippen LogP) is -2.12. The second-order valence-corrected chi connectivity index (χ2v) is 0.971. The van der Waals surface area contributed by atoms with Crippen LogP contribution in [0.1, 0.15) is 6.92 Å². The molecule has 0 saturated carbocycles. The Kier molecular flexibility index (Phi) is 19.8. The average Bonchev–Trinajstić information content (AvgIpc) is 1.89. The zero-order chi connectivity index (χ0) is 8.57. The van der Waals surface area contributed by atoms with Crippen molar-refractivity contribution >= 4 is 11.9 Å². The summed E-state index contributed by atoms with van der Waals surface area (Å²) < 4.78 is 0. The molecule has 0 N–H and O–H groups in total. The van der Waals surface area contributed by atoms with E-state index in [1.807, 2.05) is 0 Å². The summed E-state index contributed by atoms with van der Waals surface area (Å²) in [6.45, 7) is 5.00. The molecule has 0 aliphatic heterocycles. The molecule has 0 rings (SSSR count). The molecule has 0 unspecified atom stereocenters. The van der Waals surface area contributed by atoms with E-state index in [0.717, 1.165) is 0 Å². The first-order valence-electron chi connectivity index (χ1n) is 2.43. The summed E-state index contributed by atoms with van der Waals surface area (Å²) in [5.74, 6) is -3.09. The van der Waals surface area contributed by atoms with Crippen LogP contribution in [-0.4, -0.2) is 11.9 Å². The van der Waals surface area contributed by atoms with Gasteiger partial charge in [0.05, 0.1) is 11.9 Å². The molecular weight excluding hydrogens is 286 g/mol. The molecule has 61 valence electrons. The topological polar surface area (TPSA) is 80.3 Å². The van der Waals surface area contributed by atoms with Gasteiger partial charge in [-0.25, -0.2) is 0 Å². The zero-order valence-corrected chi connectivity index (χ0v) is 8.52. The molecule has 0 fully saturated rings. The third kappa shape index (κ3) is 25.6. The number of hydrogen-bond acceptors (Lipinski definition) is 4. The molecule has 5 heteroatoms. The third-order valence-corrected chi connectivity index (χ3v) is 0.355. The van der Waals surface area contributed by atoms with Crippen molar-refractivity contribution in [3.63, 3.8) is 0 Å². The van der Waals surface area contributed by atoms with Crippen molar-refractivity contribution in [1.29, 1.82) is 0 Å². The summed E-state index contributed by atoms with van der Waals surface area (Å²) in [4.78, 5) is 18.8. The van der Waals surface area contributed by atoms with E-state index in [9.17, 15) is 19.8 Å². The number of carboxylic acids is 2. The summed E-state index contributed by atoms with van der Waals surface area (Å²) in [7, 11) is 0. The summed E-state index contributed by atoms with van der Waals surface area (Å²) >= 11 is 0. The Bertz CT molecular complexity index is 126. The van der Waals surface area contributed by atoms with Crippen molar-refractivity contribution in [3.8, 4) is 0 Å². The fraction of sp³-hybridized carbons (Fsp3) is 0.167. The van der Waals surface area contributed by atoms with E-state index in [1.54, 1.807) is 6.92 Å². The van der Waals surface area contributed by atoms with Crippen molar-refractivity contribution in [2.24, 2.45) is 0 Å². The first-order chi connectivity index (χ1) is 4.63. The van der Waals surface area contributed by atoms with Gasteiger partial charge in [-0.05, 0) is 12.2 Å². The predicted molar refractivity (Wildman–Crippen MR) is 30.2 cm³/mol. The molecule has 0 aromatic heterocycles. The van der Waals surface area contributed by atoms with Crippen LogP contribution in [-0.2, 0) is 9.59 Å². The molecule has 0 amide bonds. The van der Waals surface area contributed by atoms with Crippen molar-refractivity contribution in [2.75, 3.05) is 0 Å². The van der Waals surface area contributed by atoms with Gasteiger partial charge in [0.1, 0.15) is 0 Å². The Hall–Kier alpha value is 0.0177. The van der Waals surface area contributed by atoms with Crippen LogP contribution in [0.5, 0.6) is 0 Å². The summed E-state index contributed by atoms with van der Waals surface area (Å²) in [5, 5.41) is 18.8. The van der Waals surface area contributed by atoms with Crippen molar-refractivity contribution < 1.29 is 60.2 Å². The number of rotatable bonds is 2. The van der Waals surface area contributed by atoms with Gasteiger partial charge >= 0.3 is 40.4 Å². The van der Waals surface area contributed by atoms with Crippen LogP contribution in [0.3, 0.4) is 0 Å². The van der Waals surface area contributed by atoms with Gasteiger partial charge in [-0.1, -0.05) is 0 Å². The van der Waals surface area contributed by atoms with Crippen LogP contribution >= 0.6 is 0 Å². The SMILES string of the molecule is O=C([O-])/C=C\C(=O)[O-].[CH2-]C.[Sm+3]. The van der Waals surface area contributed by atoms with E-state index in [-0.39, 0.29) is 40.4 Å². The van der Waals surface area contributed by atoms with Gasteiger partial charge in [0.25, 0.3) is 0 Å². The number of hydrogen-bond donors (Lipinski definition) is 0. The van der Waals surface area contributed by atoms with Crippen LogP contribution in [0, 0.1) is 47.3 Å². The maximum atomic E-state index is 9.41. The first kappa shape index (κ1) is 17.2. The molecule has 1 radical (unpaired) electrons. The average molecular weight is 293 g/mol. The normalized spacial score (nSPS) is 7.45. The second-order valence-electron chi connectivity index (χ2n) is 0.971. The van der Waals surface area contributed by atoms with Gasteiger partial charge in [-0.15, -0.1) is 0 Å². The molecule has 0 saturated heterocycles. The number of aliphatic carboxylic acids is 2. The second kappa shape index (κ2) is 12.7. The van der Waals surface area contributed by atoms with E-state index in [4.69, 9.17) is 0 Å². The van der Waals surface area contributed by atoms with Gasteiger partial charge in [-0.2, -0.15) is 6.92 Å². The fourth-order valence-electron chi connectivity index (χ4n) is 0.136. The molecule has 0 aromatic carbocycles. The van der Waals surface area contributed by atoms with Crippen LogP contribution in [0.25, 0.3) is 0 Å². The van der Waals surface area contributed by atoms with E-state index in [2.05, 4.69) is 6.92 Å². The molecule has 0 spiro atoms. The monoisotopic (exact) mass is 295 g/mol. The molecule has 0 aliphatic carbocycles. The van der Waals surface area contributed by atoms with Crippen molar-refractivity contribution in [1.82, 2.24) is 0 Å². The maximum absolute atomic E-state index is 9.41. The smallest absolute Gasteiger partial charge is 0.545 e. The largest absolute Gasteiger partial charge is 3.00 e. The molecular formula is C6H7O4Sm. The Balaban J connectivity index is -0.000000196. The molecule has 0 bridgehead atoms. The molecule has 0 atom stereocenters. The Morgan fingerprint density at radius 2 is 1.27 bits per heavy atom. The van der Waals surface area contributed by atoms with E-state index >= 15 is 0 Å².